The molecule has 2 amide bonds. The number of amides is 2. The van der Waals surface area contributed by atoms with Gasteiger partial charge in [0.15, 0.2) is 0 Å². The molecule has 6 nitrogen and oxygen atoms in total. The van der Waals surface area contributed by atoms with Crippen molar-refractivity contribution in [1.82, 2.24) is 20.4 Å². The quantitative estimate of drug-likeness (QED) is 0.879. The minimum Gasteiger partial charge on any atom is -0.497 e. The Hall–Kier alpha value is -2.50. The second kappa shape index (κ2) is 7.02. The molecule has 140 valence electrons. The molecule has 1 aromatic carbocycles. The molecule has 1 atom stereocenters. The van der Waals surface area contributed by atoms with Crippen molar-refractivity contribution in [2.75, 3.05) is 7.11 Å². The second-order valence-electron chi connectivity index (χ2n) is 8.03. The zero-order valence-corrected chi connectivity index (χ0v) is 16.2. The van der Waals surface area contributed by atoms with Gasteiger partial charge in [0, 0.05) is 11.6 Å². The molecular formula is C20H28N4O2. The van der Waals surface area contributed by atoms with Crippen LogP contribution in [0.3, 0.4) is 0 Å². The van der Waals surface area contributed by atoms with Crippen molar-refractivity contribution in [3.05, 3.63) is 41.7 Å². The first kappa shape index (κ1) is 18.3. The molecule has 3 rings (SSSR count). The number of ether oxygens (including phenoxy) is 1. The third-order valence-electron chi connectivity index (χ3n) is 4.72. The lowest BCUT2D eigenvalue weighted by molar-refractivity contribution is 0.219. The summed E-state index contributed by atoms with van der Waals surface area (Å²) in [6.07, 6.45) is 3.69. The van der Waals surface area contributed by atoms with Crippen LogP contribution < -0.4 is 15.4 Å². The molecule has 1 aliphatic rings. The highest BCUT2D eigenvalue weighted by atomic mass is 16.5. The van der Waals surface area contributed by atoms with Gasteiger partial charge in [-0.2, -0.15) is 5.10 Å². The van der Waals surface area contributed by atoms with Crippen LogP contribution in [0.25, 0.3) is 5.69 Å². The molecule has 0 unspecified atom stereocenters. The normalized spacial score (nSPS) is 18.3. The molecule has 1 heterocycles. The Labute approximate surface area is 154 Å². The molecule has 0 saturated carbocycles. The molecule has 26 heavy (non-hydrogen) atoms. The van der Waals surface area contributed by atoms with E-state index in [-0.39, 0.29) is 23.5 Å². The molecule has 0 fully saturated rings. The van der Waals surface area contributed by atoms with Gasteiger partial charge in [-0.15, -0.1) is 0 Å². The van der Waals surface area contributed by atoms with Crippen molar-refractivity contribution in [3.8, 4) is 11.4 Å². The number of nitrogens with one attached hydrogen (secondary N) is 2. The Bertz CT molecular complexity index is 778. The highest BCUT2D eigenvalue weighted by Gasteiger charge is 2.36. The fraction of sp³-hybridized carbons (Fsp3) is 0.500. The topological polar surface area (TPSA) is 68.2 Å². The van der Waals surface area contributed by atoms with Crippen LogP contribution >= 0.6 is 0 Å². The number of benzene rings is 1. The van der Waals surface area contributed by atoms with Crippen molar-refractivity contribution in [1.29, 1.82) is 0 Å². The van der Waals surface area contributed by atoms with E-state index in [1.165, 1.54) is 0 Å². The molecule has 1 aromatic heterocycles. The molecule has 0 spiro atoms. The Balaban J connectivity index is 1.92. The number of nitrogens with zero attached hydrogens (tertiary/aromatic N) is 2. The van der Waals surface area contributed by atoms with E-state index >= 15 is 0 Å². The second-order valence-corrected chi connectivity index (χ2v) is 8.03. The van der Waals surface area contributed by atoms with Crippen molar-refractivity contribution in [2.45, 2.75) is 52.6 Å². The van der Waals surface area contributed by atoms with E-state index in [1.807, 2.05) is 49.0 Å². The number of fused-ring (bicyclic) bond motifs is 1. The first-order valence-electron chi connectivity index (χ1n) is 9.07. The van der Waals surface area contributed by atoms with Crippen LogP contribution in [-0.4, -0.2) is 29.0 Å². The monoisotopic (exact) mass is 356 g/mol. The number of aromatic nitrogens is 2. The lowest BCUT2D eigenvalue weighted by Gasteiger charge is -2.36. The van der Waals surface area contributed by atoms with Crippen molar-refractivity contribution < 1.29 is 9.53 Å². The van der Waals surface area contributed by atoms with Crippen LogP contribution in [0, 0.1) is 5.41 Å². The number of hydrogen-bond donors (Lipinski definition) is 2. The van der Waals surface area contributed by atoms with Gasteiger partial charge in [0.25, 0.3) is 0 Å². The van der Waals surface area contributed by atoms with Crippen molar-refractivity contribution in [2.24, 2.45) is 5.41 Å². The van der Waals surface area contributed by atoms with Gasteiger partial charge in [-0.3, -0.25) is 0 Å². The summed E-state index contributed by atoms with van der Waals surface area (Å²) < 4.78 is 7.22. The molecule has 0 saturated heterocycles. The van der Waals surface area contributed by atoms with Gasteiger partial charge in [-0.1, -0.05) is 13.8 Å². The lowest BCUT2D eigenvalue weighted by Crippen LogP contribution is -2.44. The summed E-state index contributed by atoms with van der Waals surface area (Å²) >= 11 is 0. The van der Waals surface area contributed by atoms with Crippen LogP contribution in [0.2, 0.25) is 0 Å². The summed E-state index contributed by atoms with van der Waals surface area (Å²) in [6, 6.07) is 7.80. The number of methoxy groups -OCH3 is 1. The average Bonchev–Trinajstić information content (AvgIpc) is 2.96. The summed E-state index contributed by atoms with van der Waals surface area (Å²) in [5, 5.41) is 10.6. The predicted molar refractivity (Wildman–Crippen MR) is 102 cm³/mol. The lowest BCUT2D eigenvalue weighted by atomic mass is 9.74. The van der Waals surface area contributed by atoms with Gasteiger partial charge in [0.1, 0.15) is 5.75 Å². The molecule has 2 aromatic rings. The van der Waals surface area contributed by atoms with E-state index in [2.05, 4.69) is 29.6 Å². The minimum atomic E-state index is -0.133. The molecule has 2 N–H and O–H groups in total. The van der Waals surface area contributed by atoms with E-state index in [4.69, 9.17) is 4.74 Å². The van der Waals surface area contributed by atoms with Gasteiger partial charge in [0.2, 0.25) is 0 Å². The summed E-state index contributed by atoms with van der Waals surface area (Å²) in [5.74, 6) is 0.819. The van der Waals surface area contributed by atoms with Gasteiger partial charge in [0.05, 0.1) is 30.7 Å². The molecule has 0 radical (unpaired) electrons. The van der Waals surface area contributed by atoms with Crippen molar-refractivity contribution >= 4 is 6.03 Å². The van der Waals surface area contributed by atoms with Gasteiger partial charge >= 0.3 is 6.03 Å². The first-order valence-corrected chi connectivity index (χ1v) is 9.07. The SMILES string of the molecule is COc1ccc(-n2ncc3c2CC(C)(C)C[C@H]3NC(=O)NC(C)C)cc1. The van der Waals surface area contributed by atoms with Crippen LogP contribution in [0.4, 0.5) is 4.79 Å². The summed E-state index contributed by atoms with van der Waals surface area (Å²) in [6.45, 7) is 8.38. The third kappa shape index (κ3) is 3.84. The molecule has 1 aliphatic carbocycles. The van der Waals surface area contributed by atoms with E-state index in [1.54, 1.807) is 7.11 Å². The largest absolute Gasteiger partial charge is 0.497 e. The number of carbonyl (C=O) groups excluding carboxylic acids is 1. The third-order valence-corrected chi connectivity index (χ3v) is 4.72. The highest BCUT2D eigenvalue weighted by Crippen LogP contribution is 2.41. The number of carbonyl (C=O) groups is 1. The Morgan fingerprint density at radius 1 is 1.31 bits per heavy atom. The fourth-order valence-corrected chi connectivity index (χ4v) is 3.58. The Morgan fingerprint density at radius 3 is 2.62 bits per heavy atom. The van der Waals surface area contributed by atoms with E-state index < -0.39 is 0 Å². The van der Waals surface area contributed by atoms with Crippen LogP contribution in [0.5, 0.6) is 5.75 Å². The standard InChI is InChI=1S/C20H28N4O2/c1-13(2)22-19(25)23-17-10-20(3,4)11-18-16(17)12-21-24(18)14-6-8-15(26-5)9-7-14/h6-9,12-13,17H,10-11H2,1-5H3,(H2,22,23,25)/t17-/m1/s1. The maximum absolute atomic E-state index is 12.2. The van der Waals surface area contributed by atoms with Crippen LogP contribution in [0.1, 0.15) is 51.4 Å². The summed E-state index contributed by atoms with van der Waals surface area (Å²) in [5.41, 5.74) is 3.32. The summed E-state index contributed by atoms with van der Waals surface area (Å²) in [4.78, 5) is 12.2. The maximum Gasteiger partial charge on any atom is 0.315 e. The fourth-order valence-electron chi connectivity index (χ4n) is 3.58. The molecular weight excluding hydrogens is 328 g/mol. The Kier molecular flexibility index (Phi) is 4.94. The van der Waals surface area contributed by atoms with Crippen LogP contribution in [-0.2, 0) is 6.42 Å². The smallest absolute Gasteiger partial charge is 0.315 e. The molecule has 0 bridgehead atoms. The zero-order valence-electron chi connectivity index (χ0n) is 16.2. The van der Waals surface area contributed by atoms with Gasteiger partial charge in [-0.05, 0) is 56.4 Å². The highest BCUT2D eigenvalue weighted by molar-refractivity contribution is 5.74. The first-order chi connectivity index (χ1) is 12.3. The average molecular weight is 356 g/mol. The number of rotatable bonds is 4. The Morgan fingerprint density at radius 2 is 2.00 bits per heavy atom. The van der Waals surface area contributed by atoms with E-state index in [0.29, 0.717) is 0 Å². The van der Waals surface area contributed by atoms with Gasteiger partial charge in [-0.25, -0.2) is 9.48 Å². The van der Waals surface area contributed by atoms with E-state index in [9.17, 15) is 4.79 Å². The predicted octanol–water partition coefficient (Wildman–Crippen LogP) is 3.60. The number of hydrogen-bond acceptors (Lipinski definition) is 3. The summed E-state index contributed by atoms with van der Waals surface area (Å²) in [7, 11) is 1.66. The van der Waals surface area contributed by atoms with E-state index in [0.717, 1.165) is 35.5 Å². The van der Waals surface area contributed by atoms with Crippen molar-refractivity contribution in [3.63, 3.8) is 0 Å². The number of urea groups is 1. The zero-order chi connectivity index (χ0) is 18.9. The van der Waals surface area contributed by atoms with Crippen LogP contribution in [0.15, 0.2) is 30.5 Å². The molecule has 6 heteroatoms. The maximum atomic E-state index is 12.2. The van der Waals surface area contributed by atoms with Gasteiger partial charge < -0.3 is 15.4 Å². The minimum absolute atomic E-state index is 0.0421. The molecule has 0 aliphatic heterocycles.